The average Bonchev–Trinajstić information content (AvgIpc) is 2.81. The highest BCUT2D eigenvalue weighted by Gasteiger charge is 2.37. The Morgan fingerprint density at radius 1 is 1.32 bits per heavy atom. The van der Waals surface area contributed by atoms with Gasteiger partial charge in [0.25, 0.3) is 0 Å². The first-order valence-electron chi connectivity index (χ1n) is 6.63. The number of carbonyl (C=O) groups excluding carboxylic acids is 3. The van der Waals surface area contributed by atoms with Gasteiger partial charge in [0.2, 0.25) is 11.8 Å². The van der Waals surface area contributed by atoms with Crippen molar-refractivity contribution in [3.05, 3.63) is 0 Å². The minimum Gasteiger partial charge on any atom is -0.373 e. The number of nitrogens with one attached hydrogen (secondary N) is 1. The van der Waals surface area contributed by atoms with Gasteiger partial charge >= 0.3 is 6.03 Å². The lowest BCUT2D eigenvalue weighted by molar-refractivity contribution is -0.138. The summed E-state index contributed by atoms with van der Waals surface area (Å²) in [5, 5.41) is 2.15. The highest BCUT2D eigenvalue weighted by atomic mass is 16.5. The second-order valence-corrected chi connectivity index (χ2v) is 5.28. The summed E-state index contributed by atoms with van der Waals surface area (Å²) in [4.78, 5) is 37.8. The Labute approximate surface area is 110 Å². The minimum absolute atomic E-state index is 0.155. The molecule has 104 valence electrons. The number of imide groups is 2. The first-order valence-corrected chi connectivity index (χ1v) is 6.63. The standard InChI is InChI=1S/C12H17N3O4/c16-10-4-11(17)15(12(18)13-10)6-9-5-14-3-1-2-8(14)7-19-9/h8-9H,1-7H2,(H,13,16,18). The average molecular weight is 267 g/mol. The monoisotopic (exact) mass is 267 g/mol. The zero-order chi connectivity index (χ0) is 13.4. The van der Waals surface area contributed by atoms with Gasteiger partial charge in [-0.25, -0.2) is 4.79 Å². The lowest BCUT2D eigenvalue weighted by Crippen LogP contribution is -2.57. The fraction of sp³-hybridized carbons (Fsp3) is 0.750. The Morgan fingerprint density at radius 3 is 2.95 bits per heavy atom. The third-order valence-corrected chi connectivity index (χ3v) is 3.95. The molecular weight excluding hydrogens is 250 g/mol. The van der Waals surface area contributed by atoms with Crippen molar-refractivity contribution in [1.82, 2.24) is 15.1 Å². The van der Waals surface area contributed by atoms with Crippen molar-refractivity contribution in [1.29, 1.82) is 0 Å². The molecule has 3 aliphatic heterocycles. The molecule has 4 amide bonds. The molecule has 0 radical (unpaired) electrons. The van der Waals surface area contributed by atoms with E-state index in [1.807, 2.05) is 0 Å². The van der Waals surface area contributed by atoms with E-state index in [1.54, 1.807) is 0 Å². The third-order valence-electron chi connectivity index (χ3n) is 3.95. The zero-order valence-corrected chi connectivity index (χ0v) is 10.6. The fourth-order valence-corrected chi connectivity index (χ4v) is 2.96. The minimum atomic E-state index is -0.631. The second kappa shape index (κ2) is 4.90. The molecule has 3 heterocycles. The molecule has 0 aliphatic carbocycles. The zero-order valence-electron chi connectivity index (χ0n) is 10.6. The first kappa shape index (κ1) is 12.6. The van der Waals surface area contributed by atoms with E-state index in [4.69, 9.17) is 4.74 Å². The summed E-state index contributed by atoms with van der Waals surface area (Å²) in [6.07, 6.45) is 1.92. The van der Waals surface area contributed by atoms with Gasteiger partial charge in [-0.1, -0.05) is 0 Å². The van der Waals surface area contributed by atoms with Gasteiger partial charge in [-0.05, 0) is 19.4 Å². The maximum absolute atomic E-state index is 11.7. The van der Waals surface area contributed by atoms with E-state index in [9.17, 15) is 14.4 Å². The Bertz CT molecular complexity index is 405. The van der Waals surface area contributed by atoms with Crippen LogP contribution in [0.25, 0.3) is 0 Å². The molecule has 0 aromatic heterocycles. The lowest BCUT2D eigenvalue weighted by atomic mass is 10.1. The molecule has 1 N–H and O–H groups in total. The molecule has 3 fully saturated rings. The van der Waals surface area contributed by atoms with Crippen LogP contribution >= 0.6 is 0 Å². The van der Waals surface area contributed by atoms with Gasteiger partial charge in [0.05, 0.1) is 19.3 Å². The fourth-order valence-electron chi connectivity index (χ4n) is 2.96. The predicted molar refractivity (Wildman–Crippen MR) is 64.2 cm³/mol. The van der Waals surface area contributed by atoms with Crippen LogP contribution in [0.3, 0.4) is 0 Å². The number of carbonyl (C=O) groups is 3. The van der Waals surface area contributed by atoms with Crippen molar-refractivity contribution in [2.24, 2.45) is 0 Å². The number of hydrogen-bond acceptors (Lipinski definition) is 5. The van der Waals surface area contributed by atoms with E-state index < -0.39 is 17.8 Å². The summed E-state index contributed by atoms with van der Waals surface area (Å²) in [5.74, 6) is -0.976. The number of amides is 4. The van der Waals surface area contributed by atoms with Crippen molar-refractivity contribution in [2.75, 3.05) is 26.2 Å². The van der Waals surface area contributed by atoms with Crippen LogP contribution < -0.4 is 5.32 Å². The van der Waals surface area contributed by atoms with E-state index >= 15 is 0 Å². The Morgan fingerprint density at radius 2 is 2.16 bits per heavy atom. The summed E-state index contributed by atoms with van der Waals surface area (Å²) >= 11 is 0. The molecule has 2 atom stereocenters. The van der Waals surface area contributed by atoms with Crippen LogP contribution in [0, 0.1) is 0 Å². The predicted octanol–water partition coefficient (Wildman–Crippen LogP) is -0.682. The largest absolute Gasteiger partial charge is 0.373 e. The van der Waals surface area contributed by atoms with Gasteiger partial charge in [-0.3, -0.25) is 24.7 Å². The molecule has 19 heavy (non-hydrogen) atoms. The molecule has 0 aromatic rings. The van der Waals surface area contributed by atoms with Crippen LogP contribution in [0.5, 0.6) is 0 Å². The topological polar surface area (TPSA) is 79.0 Å². The summed E-state index contributed by atoms with van der Waals surface area (Å²) in [6, 6.07) is -0.142. The van der Waals surface area contributed by atoms with Crippen LogP contribution in [0.15, 0.2) is 0 Å². The molecule has 7 heteroatoms. The quantitative estimate of drug-likeness (QED) is 0.671. The summed E-state index contributed by atoms with van der Waals surface area (Å²) in [6.45, 7) is 2.69. The van der Waals surface area contributed by atoms with Crippen LogP contribution in [0.4, 0.5) is 4.79 Å². The molecular formula is C12H17N3O4. The van der Waals surface area contributed by atoms with Crippen molar-refractivity contribution in [2.45, 2.75) is 31.4 Å². The molecule has 3 rings (SSSR count). The molecule has 3 saturated heterocycles. The van der Waals surface area contributed by atoms with Gasteiger partial charge in [-0.2, -0.15) is 0 Å². The maximum atomic E-state index is 11.7. The smallest absolute Gasteiger partial charge is 0.330 e. The molecule has 0 aromatic carbocycles. The van der Waals surface area contributed by atoms with Crippen molar-refractivity contribution >= 4 is 17.8 Å². The summed E-state index contributed by atoms with van der Waals surface area (Å²) in [5.41, 5.74) is 0. The summed E-state index contributed by atoms with van der Waals surface area (Å²) in [7, 11) is 0. The molecule has 0 spiro atoms. The van der Waals surface area contributed by atoms with Crippen LogP contribution in [-0.4, -0.2) is 66.0 Å². The number of urea groups is 1. The number of morpholine rings is 1. The van der Waals surface area contributed by atoms with Crippen LogP contribution in [0.1, 0.15) is 19.3 Å². The van der Waals surface area contributed by atoms with Crippen LogP contribution in [0.2, 0.25) is 0 Å². The van der Waals surface area contributed by atoms with E-state index in [2.05, 4.69) is 10.2 Å². The van der Waals surface area contributed by atoms with Gasteiger partial charge in [0.1, 0.15) is 6.42 Å². The number of fused-ring (bicyclic) bond motifs is 1. The molecule has 0 bridgehead atoms. The third kappa shape index (κ3) is 2.48. The van der Waals surface area contributed by atoms with Gasteiger partial charge < -0.3 is 4.74 Å². The van der Waals surface area contributed by atoms with Crippen molar-refractivity contribution < 1.29 is 19.1 Å². The highest BCUT2D eigenvalue weighted by molar-refractivity contribution is 6.14. The van der Waals surface area contributed by atoms with E-state index in [0.717, 1.165) is 24.4 Å². The molecule has 7 nitrogen and oxygen atoms in total. The summed E-state index contributed by atoms with van der Waals surface area (Å²) < 4.78 is 5.72. The normalized spacial score (nSPS) is 32.4. The lowest BCUT2D eigenvalue weighted by Gasteiger charge is -2.37. The van der Waals surface area contributed by atoms with Crippen molar-refractivity contribution in [3.63, 3.8) is 0 Å². The van der Waals surface area contributed by atoms with E-state index in [-0.39, 0.29) is 19.1 Å². The number of ether oxygens (including phenoxy) is 1. The van der Waals surface area contributed by atoms with E-state index in [0.29, 0.717) is 12.6 Å². The number of rotatable bonds is 2. The SMILES string of the molecule is O=C1CC(=O)N(CC2CN3CCCC3CO2)C(=O)N1. The Kier molecular flexibility index (Phi) is 3.24. The molecule has 0 saturated carbocycles. The van der Waals surface area contributed by atoms with E-state index in [1.165, 1.54) is 6.42 Å². The van der Waals surface area contributed by atoms with Gasteiger partial charge in [0.15, 0.2) is 0 Å². The number of barbiturate groups is 1. The Hall–Kier alpha value is -1.47. The maximum Gasteiger partial charge on any atom is 0.330 e. The molecule has 2 unspecified atom stereocenters. The first-order chi connectivity index (χ1) is 9.13. The number of nitrogens with zero attached hydrogens (tertiary/aromatic N) is 2. The highest BCUT2D eigenvalue weighted by Crippen LogP contribution is 2.23. The second-order valence-electron chi connectivity index (χ2n) is 5.28. The van der Waals surface area contributed by atoms with Crippen molar-refractivity contribution in [3.8, 4) is 0 Å². The van der Waals surface area contributed by atoms with Gasteiger partial charge in [-0.15, -0.1) is 0 Å². The van der Waals surface area contributed by atoms with Gasteiger partial charge in [0, 0.05) is 12.6 Å². The molecule has 3 aliphatic rings. The number of hydrogen-bond donors (Lipinski definition) is 1. The van der Waals surface area contributed by atoms with Crippen LogP contribution in [-0.2, 0) is 14.3 Å². The Balaban J connectivity index is 1.60.